The molecule has 0 aliphatic carbocycles. The molecule has 0 aliphatic rings. The van der Waals surface area contributed by atoms with E-state index in [1.54, 1.807) is 6.07 Å². The van der Waals surface area contributed by atoms with E-state index in [4.69, 9.17) is 4.74 Å². The second kappa shape index (κ2) is 7.49. The number of benzene rings is 1. The smallest absolute Gasteiger partial charge is 0.271 e. The van der Waals surface area contributed by atoms with Crippen molar-refractivity contribution >= 4 is 5.91 Å². The third kappa shape index (κ3) is 5.09. The van der Waals surface area contributed by atoms with E-state index in [1.165, 1.54) is 0 Å². The maximum atomic E-state index is 12.1. The summed E-state index contributed by atoms with van der Waals surface area (Å²) in [5.74, 6) is 0.374. The number of nitrogens with one attached hydrogen (secondary N) is 2. The Morgan fingerprint density at radius 3 is 2.75 bits per heavy atom. The monoisotopic (exact) mass is 331 g/mol. The van der Waals surface area contributed by atoms with Gasteiger partial charge in [-0.2, -0.15) is 5.10 Å². The summed E-state index contributed by atoms with van der Waals surface area (Å²) in [6, 6.07) is 9.31. The summed E-state index contributed by atoms with van der Waals surface area (Å²) >= 11 is 0. The van der Waals surface area contributed by atoms with Crippen LogP contribution >= 0.6 is 0 Å². The van der Waals surface area contributed by atoms with Crippen molar-refractivity contribution in [3.8, 4) is 5.75 Å². The number of aliphatic hydroxyl groups is 1. The van der Waals surface area contributed by atoms with Gasteiger partial charge in [0.2, 0.25) is 0 Å². The summed E-state index contributed by atoms with van der Waals surface area (Å²) in [5.41, 5.74) is 2.18. The highest BCUT2D eigenvalue weighted by molar-refractivity contribution is 5.92. The summed E-state index contributed by atoms with van der Waals surface area (Å²) in [4.78, 5) is 12.1. The number of carbonyl (C=O) groups excluding carboxylic acids is 1. The number of amides is 1. The third-order valence-electron chi connectivity index (χ3n) is 3.55. The molecule has 6 heteroatoms. The molecule has 1 amide bonds. The molecule has 1 heterocycles. The Labute approximate surface area is 142 Å². The summed E-state index contributed by atoms with van der Waals surface area (Å²) in [5, 5.41) is 19.5. The first-order valence-corrected chi connectivity index (χ1v) is 7.97. The first-order chi connectivity index (χ1) is 11.3. The van der Waals surface area contributed by atoms with Crippen LogP contribution in [0.3, 0.4) is 0 Å². The molecular weight excluding hydrogens is 306 g/mol. The van der Waals surface area contributed by atoms with Crippen LogP contribution in [0.2, 0.25) is 0 Å². The molecular formula is C18H25N3O3. The minimum Gasteiger partial charge on any atom is -0.491 e. The van der Waals surface area contributed by atoms with Crippen LogP contribution in [0.25, 0.3) is 0 Å². The van der Waals surface area contributed by atoms with Gasteiger partial charge in [-0.25, -0.2) is 0 Å². The standard InChI is InChI=1S/C18H25N3O3/c1-12-6-5-7-14(8-12)24-11-13(22)10-19-17(23)15-9-16(21-20-15)18(2,3)4/h5-9,13,22H,10-11H2,1-4H3,(H,19,23)(H,20,21). The van der Waals surface area contributed by atoms with Crippen LogP contribution in [0, 0.1) is 6.92 Å². The molecule has 2 rings (SSSR count). The molecule has 3 N–H and O–H groups in total. The lowest BCUT2D eigenvalue weighted by molar-refractivity contribution is 0.0840. The van der Waals surface area contributed by atoms with Crippen molar-refractivity contribution in [2.24, 2.45) is 0 Å². The number of aryl methyl sites for hydroxylation is 1. The van der Waals surface area contributed by atoms with Crippen molar-refractivity contribution in [1.29, 1.82) is 0 Å². The fourth-order valence-electron chi connectivity index (χ4n) is 2.08. The Morgan fingerprint density at radius 2 is 2.12 bits per heavy atom. The molecule has 0 spiro atoms. The molecule has 24 heavy (non-hydrogen) atoms. The Hall–Kier alpha value is -2.34. The summed E-state index contributed by atoms with van der Waals surface area (Å²) < 4.78 is 5.51. The molecule has 0 saturated heterocycles. The average Bonchev–Trinajstić information content (AvgIpc) is 3.01. The number of hydrogen-bond acceptors (Lipinski definition) is 4. The number of carbonyl (C=O) groups is 1. The van der Waals surface area contributed by atoms with E-state index in [-0.39, 0.29) is 24.5 Å². The normalized spacial score (nSPS) is 12.7. The second-order valence-electron chi connectivity index (χ2n) is 6.91. The van der Waals surface area contributed by atoms with E-state index in [0.29, 0.717) is 11.4 Å². The SMILES string of the molecule is Cc1cccc(OCC(O)CNC(=O)c2cc(C(C)(C)C)[nH]n2)c1. The maximum Gasteiger partial charge on any atom is 0.271 e. The van der Waals surface area contributed by atoms with Gasteiger partial charge in [-0.05, 0) is 30.7 Å². The molecule has 0 bridgehead atoms. The number of aliphatic hydroxyl groups excluding tert-OH is 1. The largest absolute Gasteiger partial charge is 0.491 e. The fraction of sp³-hybridized carbons (Fsp3) is 0.444. The third-order valence-corrected chi connectivity index (χ3v) is 3.55. The van der Waals surface area contributed by atoms with Gasteiger partial charge < -0.3 is 15.2 Å². The Balaban J connectivity index is 1.79. The van der Waals surface area contributed by atoms with E-state index >= 15 is 0 Å². The number of nitrogens with zero attached hydrogens (tertiary/aromatic N) is 1. The van der Waals surface area contributed by atoms with E-state index in [9.17, 15) is 9.90 Å². The molecule has 1 atom stereocenters. The molecule has 130 valence electrons. The quantitative estimate of drug-likeness (QED) is 0.757. The Kier molecular flexibility index (Phi) is 5.62. The summed E-state index contributed by atoms with van der Waals surface area (Å²) in [6.45, 7) is 8.29. The Morgan fingerprint density at radius 1 is 1.38 bits per heavy atom. The van der Waals surface area contributed by atoms with Gasteiger partial charge in [0.05, 0.1) is 0 Å². The van der Waals surface area contributed by atoms with E-state index in [2.05, 4.69) is 15.5 Å². The number of rotatable bonds is 6. The highest BCUT2D eigenvalue weighted by atomic mass is 16.5. The number of aromatic nitrogens is 2. The van der Waals surface area contributed by atoms with Crippen LogP contribution in [0.4, 0.5) is 0 Å². The number of aromatic amines is 1. The van der Waals surface area contributed by atoms with Crippen LogP contribution in [0.1, 0.15) is 42.5 Å². The maximum absolute atomic E-state index is 12.1. The molecule has 1 aromatic heterocycles. The van der Waals surface area contributed by atoms with Crippen molar-refractivity contribution in [3.63, 3.8) is 0 Å². The van der Waals surface area contributed by atoms with Gasteiger partial charge in [0.1, 0.15) is 24.2 Å². The van der Waals surface area contributed by atoms with Crippen LogP contribution in [-0.4, -0.2) is 40.5 Å². The molecule has 1 unspecified atom stereocenters. The Bertz CT molecular complexity index is 689. The average molecular weight is 331 g/mol. The molecule has 0 aliphatic heterocycles. The van der Waals surface area contributed by atoms with Crippen molar-refractivity contribution < 1.29 is 14.6 Å². The molecule has 0 saturated carbocycles. The number of ether oxygens (including phenoxy) is 1. The predicted molar refractivity (Wildman–Crippen MR) is 92.3 cm³/mol. The van der Waals surface area contributed by atoms with E-state index in [0.717, 1.165) is 11.3 Å². The summed E-state index contributed by atoms with van der Waals surface area (Å²) in [6.07, 6.45) is -0.796. The van der Waals surface area contributed by atoms with Gasteiger partial charge >= 0.3 is 0 Å². The van der Waals surface area contributed by atoms with Gasteiger partial charge in [-0.3, -0.25) is 9.89 Å². The van der Waals surface area contributed by atoms with Crippen LogP contribution in [0.15, 0.2) is 30.3 Å². The second-order valence-corrected chi connectivity index (χ2v) is 6.91. The highest BCUT2D eigenvalue weighted by Gasteiger charge is 2.19. The van der Waals surface area contributed by atoms with Gasteiger partial charge in [-0.1, -0.05) is 32.9 Å². The first-order valence-electron chi connectivity index (χ1n) is 7.97. The lowest BCUT2D eigenvalue weighted by Crippen LogP contribution is -2.35. The molecule has 2 aromatic rings. The molecule has 0 radical (unpaired) electrons. The van der Waals surface area contributed by atoms with Crippen LogP contribution in [-0.2, 0) is 5.41 Å². The molecule has 6 nitrogen and oxygen atoms in total. The van der Waals surface area contributed by atoms with Gasteiger partial charge in [0.15, 0.2) is 0 Å². The number of hydrogen-bond donors (Lipinski definition) is 3. The molecule has 1 aromatic carbocycles. The van der Waals surface area contributed by atoms with Gasteiger partial charge in [-0.15, -0.1) is 0 Å². The van der Waals surface area contributed by atoms with Crippen molar-refractivity contribution in [2.45, 2.75) is 39.2 Å². The minimum atomic E-state index is -0.796. The lowest BCUT2D eigenvalue weighted by Gasteiger charge is -2.14. The summed E-state index contributed by atoms with van der Waals surface area (Å²) in [7, 11) is 0. The van der Waals surface area contributed by atoms with E-state index < -0.39 is 6.10 Å². The van der Waals surface area contributed by atoms with Gasteiger partial charge in [0.25, 0.3) is 5.91 Å². The lowest BCUT2D eigenvalue weighted by atomic mass is 9.92. The van der Waals surface area contributed by atoms with Crippen LogP contribution in [0.5, 0.6) is 5.75 Å². The molecule has 0 fully saturated rings. The van der Waals surface area contributed by atoms with Crippen LogP contribution < -0.4 is 10.1 Å². The fourth-order valence-corrected chi connectivity index (χ4v) is 2.08. The zero-order valence-corrected chi connectivity index (χ0v) is 14.6. The number of H-pyrrole nitrogens is 1. The topological polar surface area (TPSA) is 87.2 Å². The zero-order chi connectivity index (χ0) is 17.7. The predicted octanol–water partition coefficient (Wildman–Crippen LogP) is 2.19. The highest BCUT2D eigenvalue weighted by Crippen LogP contribution is 2.20. The minimum absolute atomic E-state index is 0.0996. The first kappa shape index (κ1) is 18.0. The van der Waals surface area contributed by atoms with Gasteiger partial charge in [0, 0.05) is 17.7 Å². The van der Waals surface area contributed by atoms with Crippen molar-refractivity contribution in [3.05, 3.63) is 47.3 Å². The van der Waals surface area contributed by atoms with E-state index in [1.807, 2.05) is 52.0 Å². The van der Waals surface area contributed by atoms with Crippen molar-refractivity contribution in [2.75, 3.05) is 13.2 Å². The zero-order valence-electron chi connectivity index (χ0n) is 14.6. The van der Waals surface area contributed by atoms with Crippen molar-refractivity contribution in [1.82, 2.24) is 15.5 Å².